The molecule has 148 valence electrons. The second-order valence-electron chi connectivity index (χ2n) is 8.37. The van der Waals surface area contributed by atoms with Crippen LogP contribution in [0.1, 0.15) is 47.1 Å². The van der Waals surface area contributed by atoms with Crippen LogP contribution in [-0.2, 0) is 6.42 Å². The summed E-state index contributed by atoms with van der Waals surface area (Å²) in [5, 5.41) is 0. The van der Waals surface area contributed by atoms with E-state index in [-0.39, 0.29) is 10.3 Å². The molecular weight excluding hydrogens is 350 g/mol. The molecular formula is C20H39NO2S2. The molecule has 3 nitrogen and oxygen atoms in total. The summed E-state index contributed by atoms with van der Waals surface area (Å²) in [7, 11) is -1.27. The number of hydrogen-bond acceptors (Lipinski definition) is 4. The molecule has 0 aliphatic heterocycles. The van der Waals surface area contributed by atoms with Crippen LogP contribution in [-0.4, -0.2) is 41.9 Å². The summed E-state index contributed by atoms with van der Waals surface area (Å²) >= 11 is 1.75. The minimum absolute atomic E-state index is 0.0931. The minimum Gasteiger partial charge on any atom is -0.484 e. The molecule has 0 aliphatic rings. The van der Waals surface area contributed by atoms with Gasteiger partial charge in [-0.1, -0.05) is 16.4 Å². The van der Waals surface area contributed by atoms with Crippen molar-refractivity contribution < 1.29 is 8.92 Å². The third-order valence-electron chi connectivity index (χ3n) is 3.63. The molecule has 1 rings (SSSR count). The van der Waals surface area contributed by atoms with Crippen LogP contribution < -0.4 is 14.7 Å². The first kappa shape index (κ1) is 24.5. The Bertz CT molecular complexity index is 517. The fraction of sp³-hybridized carbons (Fsp3) is 0.700. The van der Waals surface area contributed by atoms with Gasteiger partial charge in [0.05, 0.1) is 0 Å². The smallest absolute Gasteiger partial charge is 0.176 e. The van der Waals surface area contributed by atoms with Gasteiger partial charge in [-0.25, -0.2) is 0 Å². The Hall–Kier alpha value is -0.520. The van der Waals surface area contributed by atoms with Crippen molar-refractivity contribution in [2.45, 2.75) is 58.3 Å². The Kier molecular flexibility index (Phi) is 9.77. The fourth-order valence-electron chi connectivity index (χ4n) is 1.70. The molecule has 0 aromatic heterocycles. The molecule has 0 radical (unpaired) electrons. The zero-order valence-corrected chi connectivity index (χ0v) is 19.5. The van der Waals surface area contributed by atoms with Gasteiger partial charge in [-0.05, 0) is 97.2 Å². The van der Waals surface area contributed by atoms with E-state index in [9.17, 15) is 0 Å². The number of benzene rings is 1. The largest absolute Gasteiger partial charge is 0.484 e. The van der Waals surface area contributed by atoms with Crippen LogP contribution >= 0.6 is 22.1 Å². The number of rotatable bonds is 5. The fourth-order valence-corrected chi connectivity index (χ4v) is 2.53. The maximum Gasteiger partial charge on any atom is 0.176 e. The normalized spacial score (nSPS) is 12.9. The number of nitrogens with two attached hydrogens (primary N) is 1. The third kappa shape index (κ3) is 9.11. The number of hydrogen-bond donors (Lipinski definition) is 1. The van der Waals surface area contributed by atoms with Crippen LogP contribution in [0.15, 0.2) is 18.2 Å². The Morgan fingerprint density at radius 3 is 1.92 bits per heavy atom. The topological polar surface area (TPSA) is 44.5 Å². The molecule has 0 saturated heterocycles. The quantitative estimate of drug-likeness (QED) is 0.722. The minimum atomic E-state index is -1.27. The molecule has 5 heteroatoms. The van der Waals surface area contributed by atoms with Crippen LogP contribution in [0.5, 0.6) is 11.5 Å². The first-order valence-electron chi connectivity index (χ1n) is 8.62. The molecule has 25 heavy (non-hydrogen) atoms. The zero-order chi connectivity index (χ0) is 19.9. The lowest BCUT2D eigenvalue weighted by molar-refractivity contribution is 0.128. The van der Waals surface area contributed by atoms with E-state index >= 15 is 0 Å². The SMILES string of the molecule is CC(C)(C)Oc1ccc(CCN)cc1OS(C)(C)C(C)(C)C.CSC. The van der Waals surface area contributed by atoms with Gasteiger partial charge in [-0.15, -0.1) is 0 Å². The van der Waals surface area contributed by atoms with E-state index < -0.39 is 10.3 Å². The van der Waals surface area contributed by atoms with Crippen molar-refractivity contribution in [1.82, 2.24) is 0 Å². The first-order chi connectivity index (χ1) is 11.3. The van der Waals surface area contributed by atoms with Gasteiger partial charge in [-0.3, -0.25) is 0 Å². The van der Waals surface area contributed by atoms with Crippen molar-refractivity contribution >= 4 is 22.1 Å². The van der Waals surface area contributed by atoms with Gasteiger partial charge >= 0.3 is 0 Å². The van der Waals surface area contributed by atoms with Gasteiger partial charge in [0.25, 0.3) is 0 Å². The molecule has 0 fully saturated rings. The van der Waals surface area contributed by atoms with E-state index in [1.54, 1.807) is 11.8 Å². The highest BCUT2D eigenvalue weighted by Crippen LogP contribution is 2.55. The van der Waals surface area contributed by atoms with Gasteiger partial charge in [0.15, 0.2) is 11.5 Å². The van der Waals surface area contributed by atoms with Crippen LogP contribution in [0.2, 0.25) is 0 Å². The van der Waals surface area contributed by atoms with Crippen LogP contribution in [0.3, 0.4) is 0 Å². The maximum atomic E-state index is 6.45. The lowest BCUT2D eigenvalue weighted by atomic mass is 10.1. The van der Waals surface area contributed by atoms with Crippen molar-refractivity contribution in [3.63, 3.8) is 0 Å². The van der Waals surface area contributed by atoms with Gasteiger partial charge in [0.1, 0.15) is 5.60 Å². The molecule has 1 aromatic rings. The molecule has 0 heterocycles. The average molecular weight is 390 g/mol. The Morgan fingerprint density at radius 2 is 1.52 bits per heavy atom. The van der Waals surface area contributed by atoms with E-state index in [4.69, 9.17) is 14.7 Å². The van der Waals surface area contributed by atoms with E-state index in [1.165, 1.54) is 5.56 Å². The molecule has 0 amide bonds. The predicted molar refractivity (Wildman–Crippen MR) is 119 cm³/mol. The van der Waals surface area contributed by atoms with Crippen molar-refractivity contribution in [2.24, 2.45) is 5.73 Å². The van der Waals surface area contributed by atoms with Crippen molar-refractivity contribution in [1.29, 1.82) is 0 Å². The molecule has 0 atom stereocenters. The van der Waals surface area contributed by atoms with Crippen molar-refractivity contribution in [2.75, 3.05) is 31.6 Å². The highest BCUT2D eigenvalue weighted by molar-refractivity contribution is 8.30. The van der Waals surface area contributed by atoms with Crippen molar-refractivity contribution in [3.05, 3.63) is 23.8 Å². The molecule has 2 N–H and O–H groups in total. The second kappa shape index (κ2) is 9.98. The maximum absolute atomic E-state index is 6.45. The van der Waals surface area contributed by atoms with Gasteiger partial charge in [0.2, 0.25) is 0 Å². The summed E-state index contributed by atoms with van der Waals surface area (Å²) in [5.41, 5.74) is 6.61. The summed E-state index contributed by atoms with van der Waals surface area (Å²) in [6.07, 6.45) is 9.32. The highest BCUT2D eigenvalue weighted by Gasteiger charge is 2.31. The molecule has 0 spiro atoms. The lowest BCUT2D eigenvalue weighted by Crippen LogP contribution is -2.28. The summed E-state index contributed by atoms with van der Waals surface area (Å²) in [4.78, 5) is 0. The van der Waals surface area contributed by atoms with E-state index in [0.29, 0.717) is 6.54 Å². The molecule has 0 saturated carbocycles. The molecule has 0 aliphatic carbocycles. The Balaban J connectivity index is 0.00000178. The van der Waals surface area contributed by atoms with E-state index in [2.05, 4.69) is 45.4 Å². The van der Waals surface area contributed by atoms with E-state index in [1.807, 2.05) is 39.3 Å². The predicted octanol–water partition coefficient (Wildman–Crippen LogP) is 5.50. The first-order valence-corrected chi connectivity index (χ1v) is 12.6. The van der Waals surface area contributed by atoms with Crippen molar-refractivity contribution in [3.8, 4) is 11.5 Å². The molecule has 0 unspecified atom stereocenters. The number of ether oxygens (including phenoxy) is 1. The van der Waals surface area contributed by atoms with Crippen LogP contribution in [0.4, 0.5) is 0 Å². The van der Waals surface area contributed by atoms with E-state index in [0.717, 1.165) is 17.9 Å². The third-order valence-corrected chi connectivity index (χ3v) is 7.18. The summed E-state index contributed by atoms with van der Waals surface area (Å²) in [6, 6.07) is 6.15. The molecule has 0 bridgehead atoms. The second-order valence-corrected chi connectivity index (χ2v) is 13.0. The Labute approximate surface area is 162 Å². The average Bonchev–Trinajstić information content (AvgIpc) is 2.40. The lowest BCUT2D eigenvalue weighted by Gasteiger charge is -2.44. The van der Waals surface area contributed by atoms with Crippen LogP contribution in [0, 0.1) is 0 Å². The van der Waals surface area contributed by atoms with Gasteiger partial charge < -0.3 is 14.7 Å². The van der Waals surface area contributed by atoms with Gasteiger partial charge in [0, 0.05) is 4.75 Å². The summed E-state index contributed by atoms with van der Waals surface area (Å²) < 4.78 is 12.6. The highest BCUT2D eigenvalue weighted by atomic mass is 32.3. The summed E-state index contributed by atoms with van der Waals surface area (Å²) in [5.74, 6) is 1.63. The van der Waals surface area contributed by atoms with Crippen LogP contribution in [0.25, 0.3) is 0 Å². The summed E-state index contributed by atoms with van der Waals surface area (Å²) in [6.45, 7) is 13.4. The standard InChI is InChI=1S/C18H33NO2S.C2H6S/c1-17(2,3)20-15-10-9-14(11-12-19)13-16(15)21-22(7,8)18(4,5)6;1-3-2/h9-10,13H,11-12,19H2,1-8H3;1-2H3. The zero-order valence-electron chi connectivity index (χ0n) is 17.9. The number of thioether (sulfide) groups is 1. The monoisotopic (exact) mass is 389 g/mol. The Morgan fingerprint density at radius 1 is 1.00 bits per heavy atom. The van der Waals surface area contributed by atoms with Gasteiger partial charge in [-0.2, -0.15) is 11.8 Å². The molecule has 1 aromatic carbocycles.